The molecule has 0 aliphatic rings. The molecule has 0 aliphatic heterocycles. The molecule has 1 aromatic carbocycles. The van der Waals surface area contributed by atoms with Gasteiger partial charge in [-0.1, -0.05) is 11.6 Å². The highest BCUT2D eigenvalue weighted by Gasteiger charge is 2.24. The van der Waals surface area contributed by atoms with Gasteiger partial charge >= 0.3 is 0 Å². The van der Waals surface area contributed by atoms with E-state index in [9.17, 15) is 17.2 Å². The minimum atomic E-state index is -4.44. The van der Waals surface area contributed by atoms with Crippen LogP contribution < -0.4 is 10.5 Å². The van der Waals surface area contributed by atoms with Crippen molar-refractivity contribution in [3.05, 3.63) is 47.2 Å². The second-order valence-corrected chi connectivity index (χ2v) is 5.80. The molecule has 0 amide bonds. The average Bonchev–Trinajstić information content (AvgIpc) is 2.30. The topological polar surface area (TPSA) is 85.1 Å². The standard InChI is InChI=1S/C11H8ClF2N3O2S/c12-10-2-1-7(5-16-10)17-20(18,19)11-8(13)3-6(15)4-9(11)14/h1-5,17H,15H2. The number of halogens is 3. The van der Waals surface area contributed by atoms with Gasteiger partial charge in [0.1, 0.15) is 16.8 Å². The largest absolute Gasteiger partial charge is 0.399 e. The maximum atomic E-state index is 13.6. The fourth-order valence-electron chi connectivity index (χ4n) is 1.48. The molecule has 0 unspecified atom stereocenters. The van der Waals surface area contributed by atoms with E-state index in [-0.39, 0.29) is 16.5 Å². The lowest BCUT2D eigenvalue weighted by Crippen LogP contribution is -2.17. The van der Waals surface area contributed by atoms with Crippen LogP contribution in [-0.2, 0) is 10.0 Å². The van der Waals surface area contributed by atoms with Gasteiger partial charge < -0.3 is 5.73 Å². The monoisotopic (exact) mass is 319 g/mol. The van der Waals surface area contributed by atoms with Crippen LogP contribution in [0, 0.1) is 11.6 Å². The molecule has 2 aromatic rings. The molecule has 0 fully saturated rings. The molecule has 5 nitrogen and oxygen atoms in total. The molecule has 0 atom stereocenters. The highest BCUT2D eigenvalue weighted by molar-refractivity contribution is 7.92. The summed E-state index contributed by atoms with van der Waals surface area (Å²) in [5, 5.41) is 0.151. The maximum absolute atomic E-state index is 13.6. The summed E-state index contributed by atoms with van der Waals surface area (Å²) in [5.41, 5.74) is 5.02. The summed E-state index contributed by atoms with van der Waals surface area (Å²) in [5.74, 6) is -2.56. The van der Waals surface area contributed by atoms with E-state index >= 15 is 0 Å². The number of nitrogens with zero attached hydrogens (tertiary/aromatic N) is 1. The van der Waals surface area contributed by atoms with E-state index in [1.165, 1.54) is 12.1 Å². The van der Waals surface area contributed by atoms with Gasteiger partial charge in [-0.15, -0.1) is 0 Å². The highest BCUT2D eigenvalue weighted by atomic mass is 35.5. The molecule has 0 spiro atoms. The molecule has 1 aromatic heterocycles. The Morgan fingerprint density at radius 3 is 2.30 bits per heavy atom. The molecule has 0 aliphatic carbocycles. The van der Waals surface area contributed by atoms with Crippen molar-refractivity contribution in [3.8, 4) is 0 Å². The predicted molar refractivity (Wildman–Crippen MR) is 70.8 cm³/mol. The fourth-order valence-corrected chi connectivity index (χ4v) is 2.75. The van der Waals surface area contributed by atoms with Crippen molar-refractivity contribution in [1.82, 2.24) is 4.98 Å². The van der Waals surface area contributed by atoms with Crippen molar-refractivity contribution >= 4 is 33.0 Å². The Bertz CT molecular complexity index is 728. The molecule has 1 heterocycles. The lowest BCUT2D eigenvalue weighted by molar-refractivity contribution is 0.522. The van der Waals surface area contributed by atoms with Gasteiger partial charge in [-0.25, -0.2) is 22.2 Å². The molecule has 2 rings (SSSR count). The highest BCUT2D eigenvalue weighted by Crippen LogP contribution is 2.24. The van der Waals surface area contributed by atoms with Crippen molar-refractivity contribution in [3.63, 3.8) is 0 Å². The number of sulfonamides is 1. The Balaban J connectivity index is 2.43. The number of anilines is 2. The number of hydrogen-bond acceptors (Lipinski definition) is 4. The Morgan fingerprint density at radius 1 is 1.20 bits per heavy atom. The van der Waals surface area contributed by atoms with Crippen LogP contribution in [0.3, 0.4) is 0 Å². The van der Waals surface area contributed by atoms with Gasteiger partial charge in [0.15, 0.2) is 4.90 Å². The van der Waals surface area contributed by atoms with Crippen LogP contribution in [0.2, 0.25) is 5.15 Å². The Kier molecular flexibility index (Phi) is 3.78. The van der Waals surface area contributed by atoms with Gasteiger partial charge in [0.05, 0.1) is 11.9 Å². The van der Waals surface area contributed by atoms with Crippen molar-refractivity contribution in [1.29, 1.82) is 0 Å². The smallest absolute Gasteiger partial charge is 0.267 e. The molecule has 3 N–H and O–H groups in total. The molecule has 0 radical (unpaired) electrons. The van der Waals surface area contributed by atoms with Crippen LogP contribution in [0.1, 0.15) is 0 Å². The minimum Gasteiger partial charge on any atom is -0.399 e. The van der Waals surface area contributed by atoms with E-state index in [1.54, 1.807) is 0 Å². The van der Waals surface area contributed by atoms with E-state index in [4.69, 9.17) is 17.3 Å². The molecular formula is C11H8ClF2N3O2S. The number of hydrogen-bond donors (Lipinski definition) is 2. The second-order valence-electron chi connectivity index (χ2n) is 3.79. The van der Waals surface area contributed by atoms with Crippen molar-refractivity contribution in [2.45, 2.75) is 4.90 Å². The summed E-state index contributed by atoms with van der Waals surface area (Å²) in [7, 11) is -4.44. The molecule has 0 saturated carbocycles. The van der Waals surface area contributed by atoms with Gasteiger partial charge in [0, 0.05) is 5.69 Å². The number of benzene rings is 1. The zero-order valence-electron chi connectivity index (χ0n) is 9.77. The minimum absolute atomic E-state index is 0.0185. The quantitative estimate of drug-likeness (QED) is 0.672. The first-order valence-electron chi connectivity index (χ1n) is 5.18. The van der Waals surface area contributed by atoms with Crippen LogP contribution >= 0.6 is 11.6 Å². The zero-order chi connectivity index (χ0) is 14.9. The lowest BCUT2D eigenvalue weighted by atomic mass is 10.3. The third-order valence-electron chi connectivity index (χ3n) is 2.27. The third kappa shape index (κ3) is 2.97. The van der Waals surface area contributed by atoms with Crippen LogP contribution in [0.5, 0.6) is 0 Å². The van der Waals surface area contributed by atoms with E-state index in [0.29, 0.717) is 0 Å². The summed E-state index contributed by atoms with van der Waals surface area (Å²) in [4.78, 5) is 2.54. The van der Waals surface area contributed by atoms with Crippen LogP contribution in [0.25, 0.3) is 0 Å². The lowest BCUT2D eigenvalue weighted by Gasteiger charge is -2.10. The summed E-state index contributed by atoms with van der Waals surface area (Å²) >= 11 is 5.55. The molecule has 106 valence electrons. The van der Waals surface area contributed by atoms with Gasteiger partial charge in [0.2, 0.25) is 0 Å². The summed E-state index contributed by atoms with van der Waals surface area (Å²) in [6, 6.07) is 4.07. The van der Waals surface area contributed by atoms with Crippen molar-refractivity contribution < 1.29 is 17.2 Å². The number of nitrogens with one attached hydrogen (secondary N) is 1. The molecule has 20 heavy (non-hydrogen) atoms. The SMILES string of the molecule is Nc1cc(F)c(S(=O)(=O)Nc2ccc(Cl)nc2)c(F)c1. The van der Waals surface area contributed by atoms with Crippen LogP contribution in [0.15, 0.2) is 35.4 Å². The molecule has 0 bridgehead atoms. The summed E-state index contributed by atoms with van der Waals surface area (Å²) in [6.07, 6.45) is 1.12. The van der Waals surface area contributed by atoms with E-state index in [2.05, 4.69) is 4.98 Å². The van der Waals surface area contributed by atoms with E-state index < -0.39 is 26.6 Å². The van der Waals surface area contributed by atoms with E-state index in [0.717, 1.165) is 18.3 Å². The zero-order valence-corrected chi connectivity index (χ0v) is 11.3. The predicted octanol–water partition coefficient (Wildman–Crippen LogP) is 2.40. The number of nitrogens with two attached hydrogens (primary N) is 1. The van der Waals surface area contributed by atoms with Gasteiger partial charge in [-0.3, -0.25) is 4.72 Å². The molecular weight excluding hydrogens is 312 g/mol. The van der Waals surface area contributed by atoms with Crippen molar-refractivity contribution in [2.24, 2.45) is 0 Å². The first-order valence-corrected chi connectivity index (χ1v) is 7.04. The normalized spacial score (nSPS) is 11.3. The average molecular weight is 320 g/mol. The summed E-state index contributed by atoms with van der Waals surface area (Å²) < 4.78 is 53.1. The number of pyridine rings is 1. The van der Waals surface area contributed by atoms with Gasteiger partial charge in [-0.2, -0.15) is 0 Å². The number of aromatic nitrogens is 1. The first kappa shape index (κ1) is 14.5. The Labute approximate surface area is 118 Å². The van der Waals surface area contributed by atoms with Crippen LogP contribution in [-0.4, -0.2) is 13.4 Å². The van der Waals surface area contributed by atoms with Gasteiger partial charge in [-0.05, 0) is 24.3 Å². The van der Waals surface area contributed by atoms with Crippen molar-refractivity contribution in [2.75, 3.05) is 10.5 Å². The number of nitrogen functional groups attached to an aromatic ring is 1. The van der Waals surface area contributed by atoms with E-state index in [1.807, 2.05) is 4.72 Å². The maximum Gasteiger partial charge on any atom is 0.267 e. The second kappa shape index (κ2) is 5.22. The first-order chi connectivity index (χ1) is 9.29. The third-order valence-corrected chi connectivity index (χ3v) is 3.92. The number of rotatable bonds is 3. The molecule has 0 saturated heterocycles. The fraction of sp³-hybridized carbons (Fsp3) is 0. The Morgan fingerprint density at radius 2 is 1.80 bits per heavy atom. The Hall–Kier alpha value is -1.93. The van der Waals surface area contributed by atoms with Gasteiger partial charge in [0.25, 0.3) is 10.0 Å². The van der Waals surface area contributed by atoms with Crippen LogP contribution in [0.4, 0.5) is 20.2 Å². The summed E-state index contributed by atoms with van der Waals surface area (Å²) in [6.45, 7) is 0. The molecule has 9 heteroatoms.